The molecule has 116 valence electrons. The Bertz CT molecular complexity index is 631. The second-order valence-electron chi connectivity index (χ2n) is 4.66. The van der Waals surface area contributed by atoms with Crippen LogP contribution in [0.1, 0.15) is 5.56 Å². The maximum atomic E-state index is 11.9. The normalized spacial score (nSPS) is 10.1. The number of hydrogen-bond donors (Lipinski definition) is 1. The summed E-state index contributed by atoms with van der Waals surface area (Å²) >= 11 is 3.39. The zero-order valence-corrected chi connectivity index (χ0v) is 13.9. The van der Waals surface area contributed by atoms with E-state index in [4.69, 9.17) is 9.47 Å². The minimum atomic E-state index is -0.0262. The van der Waals surface area contributed by atoms with Crippen LogP contribution < -0.4 is 14.8 Å². The molecule has 4 nitrogen and oxygen atoms in total. The summed E-state index contributed by atoms with van der Waals surface area (Å²) in [6.45, 7) is 0.843. The average molecular weight is 364 g/mol. The van der Waals surface area contributed by atoms with E-state index in [0.29, 0.717) is 31.1 Å². The first kappa shape index (κ1) is 16.4. The molecule has 0 heterocycles. The van der Waals surface area contributed by atoms with Crippen molar-refractivity contribution in [1.82, 2.24) is 5.32 Å². The molecule has 0 bridgehead atoms. The van der Waals surface area contributed by atoms with Crippen LogP contribution in [-0.2, 0) is 11.2 Å². The topological polar surface area (TPSA) is 47.6 Å². The average Bonchev–Trinajstić information content (AvgIpc) is 2.52. The molecule has 0 aliphatic carbocycles. The summed E-state index contributed by atoms with van der Waals surface area (Å²) in [5.41, 5.74) is 0.970. The Morgan fingerprint density at radius 3 is 2.64 bits per heavy atom. The van der Waals surface area contributed by atoms with Gasteiger partial charge in [-0.2, -0.15) is 0 Å². The third-order valence-electron chi connectivity index (χ3n) is 3.00. The van der Waals surface area contributed by atoms with E-state index in [9.17, 15) is 4.79 Å². The van der Waals surface area contributed by atoms with E-state index in [1.165, 1.54) is 0 Å². The molecule has 0 unspecified atom stereocenters. The molecule has 0 fully saturated rings. The van der Waals surface area contributed by atoms with E-state index < -0.39 is 0 Å². The van der Waals surface area contributed by atoms with Crippen molar-refractivity contribution >= 4 is 21.8 Å². The van der Waals surface area contributed by atoms with Crippen molar-refractivity contribution in [2.45, 2.75) is 6.42 Å². The summed E-state index contributed by atoms with van der Waals surface area (Å²) in [5.74, 6) is 1.33. The van der Waals surface area contributed by atoms with Gasteiger partial charge >= 0.3 is 0 Å². The van der Waals surface area contributed by atoms with Gasteiger partial charge in [0.05, 0.1) is 20.1 Å². The minimum absolute atomic E-state index is 0.0262. The highest BCUT2D eigenvalue weighted by molar-refractivity contribution is 9.10. The van der Waals surface area contributed by atoms with Crippen LogP contribution in [0.15, 0.2) is 53.0 Å². The number of carbonyl (C=O) groups is 1. The number of amides is 1. The van der Waals surface area contributed by atoms with Gasteiger partial charge in [0.1, 0.15) is 6.61 Å². The molecule has 0 saturated carbocycles. The highest BCUT2D eigenvalue weighted by Crippen LogP contribution is 2.25. The molecule has 0 radical (unpaired) electrons. The van der Waals surface area contributed by atoms with Gasteiger partial charge in [0.2, 0.25) is 5.91 Å². The highest BCUT2D eigenvalue weighted by atomic mass is 79.9. The maximum Gasteiger partial charge on any atom is 0.224 e. The summed E-state index contributed by atoms with van der Waals surface area (Å²) in [6, 6.07) is 15.1. The highest BCUT2D eigenvalue weighted by Gasteiger charge is 2.05. The van der Waals surface area contributed by atoms with Gasteiger partial charge in [-0.3, -0.25) is 4.79 Å². The first-order chi connectivity index (χ1) is 10.7. The fourth-order valence-corrected chi connectivity index (χ4v) is 2.43. The predicted octanol–water partition coefficient (Wildman–Crippen LogP) is 3.20. The second-order valence-corrected chi connectivity index (χ2v) is 5.57. The smallest absolute Gasteiger partial charge is 0.224 e. The number of nitrogens with one attached hydrogen (secondary N) is 1. The molecule has 2 aromatic carbocycles. The summed E-state index contributed by atoms with van der Waals surface area (Å²) in [5, 5.41) is 2.84. The van der Waals surface area contributed by atoms with Crippen molar-refractivity contribution in [3.8, 4) is 11.5 Å². The molecular weight excluding hydrogens is 346 g/mol. The zero-order chi connectivity index (χ0) is 15.8. The molecular formula is C17H18BrNO3. The standard InChI is InChI=1S/C17H18BrNO3/c1-21-15-7-2-3-8-16(15)22-10-9-19-17(20)12-13-5-4-6-14(18)11-13/h2-8,11H,9-10,12H2,1H3,(H,19,20). The van der Waals surface area contributed by atoms with Crippen LogP contribution in [0.25, 0.3) is 0 Å². The molecule has 0 aliphatic heterocycles. The Morgan fingerprint density at radius 2 is 1.91 bits per heavy atom. The van der Waals surface area contributed by atoms with Gasteiger partial charge in [0, 0.05) is 4.47 Å². The Labute approximate surface area is 138 Å². The molecule has 0 spiro atoms. The molecule has 1 N–H and O–H groups in total. The molecule has 2 aromatic rings. The van der Waals surface area contributed by atoms with Gasteiger partial charge in [0.25, 0.3) is 0 Å². The van der Waals surface area contributed by atoms with Gasteiger partial charge in [-0.25, -0.2) is 0 Å². The van der Waals surface area contributed by atoms with Crippen LogP contribution in [-0.4, -0.2) is 26.2 Å². The molecule has 0 saturated heterocycles. The van der Waals surface area contributed by atoms with E-state index in [1.54, 1.807) is 7.11 Å². The third kappa shape index (κ3) is 5.07. The fraction of sp³-hybridized carbons (Fsp3) is 0.235. The van der Waals surface area contributed by atoms with Gasteiger partial charge in [0.15, 0.2) is 11.5 Å². The number of ether oxygens (including phenoxy) is 2. The Balaban J connectivity index is 1.73. The maximum absolute atomic E-state index is 11.9. The first-order valence-electron chi connectivity index (χ1n) is 6.96. The van der Waals surface area contributed by atoms with Gasteiger partial charge < -0.3 is 14.8 Å². The summed E-state index contributed by atoms with van der Waals surface area (Å²) in [6.07, 6.45) is 0.355. The lowest BCUT2D eigenvalue weighted by Gasteiger charge is -2.11. The number of rotatable bonds is 7. The Hall–Kier alpha value is -2.01. The second kappa shape index (κ2) is 8.44. The van der Waals surface area contributed by atoms with Crippen molar-refractivity contribution in [3.05, 3.63) is 58.6 Å². The fourth-order valence-electron chi connectivity index (χ4n) is 1.98. The van der Waals surface area contributed by atoms with Crippen molar-refractivity contribution < 1.29 is 14.3 Å². The Morgan fingerprint density at radius 1 is 1.14 bits per heavy atom. The molecule has 1 amide bonds. The van der Waals surface area contributed by atoms with E-state index in [2.05, 4.69) is 21.2 Å². The van der Waals surface area contributed by atoms with Crippen molar-refractivity contribution in [1.29, 1.82) is 0 Å². The number of methoxy groups -OCH3 is 1. The van der Waals surface area contributed by atoms with E-state index >= 15 is 0 Å². The molecule has 0 atom stereocenters. The van der Waals surface area contributed by atoms with Gasteiger partial charge in [-0.15, -0.1) is 0 Å². The van der Waals surface area contributed by atoms with Crippen molar-refractivity contribution in [2.24, 2.45) is 0 Å². The van der Waals surface area contributed by atoms with Crippen LogP contribution in [0.5, 0.6) is 11.5 Å². The van der Waals surface area contributed by atoms with Crippen LogP contribution in [0.3, 0.4) is 0 Å². The number of benzene rings is 2. The van der Waals surface area contributed by atoms with E-state index in [0.717, 1.165) is 10.0 Å². The summed E-state index contributed by atoms with van der Waals surface area (Å²) in [7, 11) is 1.60. The lowest BCUT2D eigenvalue weighted by atomic mass is 10.1. The molecule has 22 heavy (non-hydrogen) atoms. The summed E-state index contributed by atoms with van der Waals surface area (Å²) < 4.78 is 11.8. The minimum Gasteiger partial charge on any atom is -0.493 e. The number of hydrogen-bond acceptors (Lipinski definition) is 3. The summed E-state index contributed by atoms with van der Waals surface area (Å²) in [4.78, 5) is 11.9. The molecule has 5 heteroatoms. The van der Waals surface area contributed by atoms with E-state index in [-0.39, 0.29) is 5.91 Å². The van der Waals surface area contributed by atoms with Crippen LogP contribution in [0.2, 0.25) is 0 Å². The number of carbonyl (C=O) groups excluding carboxylic acids is 1. The number of para-hydroxylation sites is 2. The van der Waals surface area contributed by atoms with Crippen LogP contribution in [0.4, 0.5) is 0 Å². The van der Waals surface area contributed by atoms with Crippen LogP contribution in [0, 0.1) is 0 Å². The van der Waals surface area contributed by atoms with Crippen molar-refractivity contribution in [3.63, 3.8) is 0 Å². The quantitative estimate of drug-likeness (QED) is 0.768. The SMILES string of the molecule is COc1ccccc1OCCNC(=O)Cc1cccc(Br)c1. The van der Waals surface area contributed by atoms with Crippen molar-refractivity contribution in [2.75, 3.05) is 20.3 Å². The predicted molar refractivity (Wildman–Crippen MR) is 89.3 cm³/mol. The van der Waals surface area contributed by atoms with E-state index in [1.807, 2.05) is 48.5 Å². The van der Waals surface area contributed by atoms with Gasteiger partial charge in [-0.05, 0) is 29.8 Å². The lowest BCUT2D eigenvalue weighted by Crippen LogP contribution is -2.29. The molecule has 0 aliphatic rings. The monoisotopic (exact) mass is 363 g/mol. The third-order valence-corrected chi connectivity index (χ3v) is 3.50. The van der Waals surface area contributed by atoms with Crippen LogP contribution >= 0.6 is 15.9 Å². The largest absolute Gasteiger partial charge is 0.493 e. The zero-order valence-electron chi connectivity index (χ0n) is 12.3. The number of halogens is 1. The Kier molecular flexibility index (Phi) is 6.27. The molecule has 2 rings (SSSR count). The first-order valence-corrected chi connectivity index (χ1v) is 7.75. The lowest BCUT2D eigenvalue weighted by molar-refractivity contribution is -0.120. The van der Waals surface area contributed by atoms with Gasteiger partial charge in [-0.1, -0.05) is 40.2 Å². The molecule has 0 aromatic heterocycles.